The quantitative estimate of drug-likeness (QED) is 0.629. The highest BCUT2D eigenvalue weighted by atomic mass is 16.5. The van der Waals surface area contributed by atoms with E-state index in [0.29, 0.717) is 6.10 Å². The number of rotatable bonds is 1. The Balaban J connectivity index is 0.000000531. The molecule has 0 aromatic rings. The van der Waals surface area contributed by atoms with Gasteiger partial charge in [0.15, 0.2) is 0 Å². The van der Waals surface area contributed by atoms with E-state index in [4.69, 9.17) is 4.74 Å². The van der Waals surface area contributed by atoms with Crippen LogP contribution in [-0.2, 0) is 4.74 Å². The molecule has 1 heterocycles. The Kier molecular flexibility index (Phi) is 5.41. The number of hydrogen-bond acceptors (Lipinski definition) is 1. The molecule has 0 bridgehead atoms. The zero-order chi connectivity index (χ0) is 11.1. The van der Waals surface area contributed by atoms with Crippen molar-refractivity contribution in [1.29, 1.82) is 0 Å². The van der Waals surface area contributed by atoms with Crippen LogP contribution in [0.3, 0.4) is 0 Å². The molecule has 1 nitrogen and oxygen atoms in total. The van der Waals surface area contributed by atoms with Gasteiger partial charge in [-0.25, -0.2) is 0 Å². The molecule has 0 aromatic carbocycles. The molecule has 15 heavy (non-hydrogen) atoms. The molecule has 0 saturated carbocycles. The molecule has 0 saturated heterocycles. The van der Waals surface area contributed by atoms with Gasteiger partial charge in [-0.05, 0) is 24.8 Å². The third-order valence-corrected chi connectivity index (χ3v) is 2.67. The topological polar surface area (TPSA) is 9.23 Å². The summed E-state index contributed by atoms with van der Waals surface area (Å²) in [5.41, 5.74) is 2.81. The first kappa shape index (κ1) is 12.3. The van der Waals surface area contributed by atoms with Crippen molar-refractivity contribution in [3.63, 3.8) is 0 Å². The highest BCUT2D eigenvalue weighted by molar-refractivity contribution is 5.35. The van der Waals surface area contributed by atoms with Crippen LogP contribution in [0.2, 0.25) is 0 Å². The summed E-state index contributed by atoms with van der Waals surface area (Å²) < 4.78 is 5.67. The molecule has 1 aliphatic carbocycles. The Labute approximate surface area is 93.5 Å². The highest BCUT2D eigenvalue weighted by Gasteiger charge is 2.17. The molecule has 0 N–H and O–H groups in total. The fourth-order valence-electron chi connectivity index (χ4n) is 1.89. The Bertz CT molecular complexity index is 271. The van der Waals surface area contributed by atoms with Gasteiger partial charge in [0.1, 0.15) is 0 Å². The standard InChI is InChI=1S/C12H16O.C2H6/c1-2-10-5-3-7-12-11(9-10)6-4-8-13-12;1-2/h4-6,9,12H,2-3,7-8H2,1H3;1-2H3. The minimum atomic E-state index is 0.352. The first-order valence-electron chi connectivity index (χ1n) is 6.09. The van der Waals surface area contributed by atoms with Gasteiger partial charge in [-0.15, -0.1) is 0 Å². The van der Waals surface area contributed by atoms with Crippen LogP contribution in [-0.4, -0.2) is 12.7 Å². The molecular formula is C14H22O. The minimum absolute atomic E-state index is 0.352. The van der Waals surface area contributed by atoms with E-state index in [0.717, 1.165) is 25.9 Å². The molecule has 1 heteroatoms. The maximum Gasteiger partial charge on any atom is 0.0832 e. The van der Waals surface area contributed by atoms with E-state index in [1.807, 2.05) is 13.8 Å². The van der Waals surface area contributed by atoms with Crippen LogP contribution < -0.4 is 0 Å². The average molecular weight is 206 g/mol. The largest absolute Gasteiger partial charge is 0.369 e. The Morgan fingerprint density at radius 1 is 1.40 bits per heavy atom. The zero-order valence-corrected chi connectivity index (χ0v) is 10.1. The van der Waals surface area contributed by atoms with Crippen LogP contribution in [0.15, 0.2) is 35.5 Å². The van der Waals surface area contributed by atoms with E-state index >= 15 is 0 Å². The summed E-state index contributed by atoms with van der Waals surface area (Å²) in [7, 11) is 0. The van der Waals surface area contributed by atoms with Crippen molar-refractivity contribution < 1.29 is 4.74 Å². The van der Waals surface area contributed by atoms with Crippen molar-refractivity contribution in [3.05, 3.63) is 35.5 Å². The van der Waals surface area contributed by atoms with E-state index in [-0.39, 0.29) is 0 Å². The van der Waals surface area contributed by atoms with Crippen molar-refractivity contribution in [2.75, 3.05) is 6.61 Å². The van der Waals surface area contributed by atoms with Gasteiger partial charge >= 0.3 is 0 Å². The van der Waals surface area contributed by atoms with Gasteiger partial charge in [0.2, 0.25) is 0 Å². The van der Waals surface area contributed by atoms with Crippen molar-refractivity contribution in [1.82, 2.24) is 0 Å². The lowest BCUT2D eigenvalue weighted by Gasteiger charge is -2.20. The highest BCUT2D eigenvalue weighted by Crippen LogP contribution is 2.24. The third-order valence-electron chi connectivity index (χ3n) is 2.67. The Hall–Kier alpha value is -0.820. The second kappa shape index (κ2) is 6.62. The van der Waals surface area contributed by atoms with Crippen molar-refractivity contribution in [3.8, 4) is 0 Å². The fraction of sp³-hybridized carbons (Fsp3) is 0.571. The van der Waals surface area contributed by atoms with Gasteiger partial charge < -0.3 is 4.74 Å². The van der Waals surface area contributed by atoms with Crippen molar-refractivity contribution in [2.24, 2.45) is 0 Å². The zero-order valence-electron chi connectivity index (χ0n) is 10.1. The van der Waals surface area contributed by atoms with Crippen LogP contribution in [0.5, 0.6) is 0 Å². The minimum Gasteiger partial charge on any atom is -0.369 e. The molecule has 0 fully saturated rings. The molecule has 1 atom stereocenters. The monoisotopic (exact) mass is 206 g/mol. The summed E-state index contributed by atoms with van der Waals surface area (Å²) >= 11 is 0. The maximum atomic E-state index is 5.67. The smallest absolute Gasteiger partial charge is 0.0832 e. The molecular weight excluding hydrogens is 184 g/mol. The van der Waals surface area contributed by atoms with Crippen LogP contribution in [0, 0.1) is 0 Å². The molecule has 1 unspecified atom stereocenters. The second-order valence-corrected chi connectivity index (χ2v) is 3.58. The van der Waals surface area contributed by atoms with Gasteiger partial charge in [0.05, 0.1) is 12.7 Å². The lowest BCUT2D eigenvalue weighted by atomic mass is 10.0. The normalized spacial score (nSPS) is 24.1. The first-order valence-corrected chi connectivity index (χ1v) is 6.09. The number of allylic oxidation sites excluding steroid dienone is 3. The summed E-state index contributed by atoms with van der Waals surface area (Å²) in [5, 5.41) is 0. The molecule has 0 radical (unpaired) electrons. The summed E-state index contributed by atoms with van der Waals surface area (Å²) in [4.78, 5) is 0. The number of hydrogen-bond donors (Lipinski definition) is 0. The molecule has 2 aliphatic rings. The lowest BCUT2D eigenvalue weighted by molar-refractivity contribution is 0.0917. The van der Waals surface area contributed by atoms with Gasteiger partial charge in [0, 0.05) is 0 Å². The van der Waals surface area contributed by atoms with Crippen LogP contribution in [0.1, 0.15) is 40.0 Å². The van der Waals surface area contributed by atoms with E-state index in [2.05, 4.69) is 31.2 Å². The molecule has 1 aliphatic heterocycles. The molecule has 84 valence electrons. The van der Waals surface area contributed by atoms with Crippen molar-refractivity contribution >= 4 is 0 Å². The first-order chi connectivity index (χ1) is 7.40. The van der Waals surface area contributed by atoms with Crippen LogP contribution >= 0.6 is 0 Å². The molecule has 0 aromatic heterocycles. The Morgan fingerprint density at radius 3 is 2.93 bits per heavy atom. The third kappa shape index (κ3) is 3.35. The fourth-order valence-corrected chi connectivity index (χ4v) is 1.89. The number of ether oxygens (including phenoxy) is 1. The summed E-state index contributed by atoms with van der Waals surface area (Å²) in [6.45, 7) is 6.99. The summed E-state index contributed by atoms with van der Waals surface area (Å²) in [6.07, 6.45) is 12.7. The van der Waals surface area contributed by atoms with Crippen LogP contribution in [0.25, 0.3) is 0 Å². The summed E-state index contributed by atoms with van der Waals surface area (Å²) in [6, 6.07) is 0. The SMILES string of the molecule is CC.CCC1=CCCC2OCC=CC2=C1. The van der Waals surface area contributed by atoms with E-state index in [1.54, 1.807) is 0 Å². The van der Waals surface area contributed by atoms with Crippen molar-refractivity contribution in [2.45, 2.75) is 46.1 Å². The molecule has 0 amide bonds. The summed E-state index contributed by atoms with van der Waals surface area (Å²) in [5.74, 6) is 0. The van der Waals surface area contributed by atoms with Gasteiger partial charge in [-0.2, -0.15) is 0 Å². The average Bonchev–Trinajstić information content (AvgIpc) is 2.53. The molecule has 2 rings (SSSR count). The second-order valence-electron chi connectivity index (χ2n) is 3.58. The van der Waals surface area contributed by atoms with Gasteiger partial charge in [-0.1, -0.05) is 50.6 Å². The van der Waals surface area contributed by atoms with Crippen LogP contribution in [0.4, 0.5) is 0 Å². The lowest BCUT2D eigenvalue weighted by Crippen LogP contribution is -2.17. The van der Waals surface area contributed by atoms with E-state index < -0.39 is 0 Å². The van der Waals surface area contributed by atoms with E-state index in [1.165, 1.54) is 11.1 Å². The predicted octanol–water partition coefficient (Wildman–Crippen LogP) is 4.02. The van der Waals surface area contributed by atoms with Gasteiger partial charge in [-0.3, -0.25) is 0 Å². The predicted molar refractivity (Wildman–Crippen MR) is 65.9 cm³/mol. The number of fused-ring (bicyclic) bond motifs is 1. The maximum absolute atomic E-state index is 5.67. The van der Waals surface area contributed by atoms with Gasteiger partial charge in [0.25, 0.3) is 0 Å². The molecule has 0 spiro atoms. The Morgan fingerprint density at radius 2 is 2.20 bits per heavy atom. The van der Waals surface area contributed by atoms with E-state index in [9.17, 15) is 0 Å².